The zero-order valence-electron chi connectivity index (χ0n) is 13.6. The molecule has 0 saturated heterocycles. The van der Waals surface area contributed by atoms with E-state index in [0.717, 1.165) is 19.0 Å². The summed E-state index contributed by atoms with van der Waals surface area (Å²) >= 11 is 1.97. The Morgan fingerprint density at radius 2 is 1.80 bits per heavy atom. The van der Waals surface area contributed by atoms with E-state index < -0.39 is 0 Å². The number of nitrogens with one attached hydrogen (secondary N) is 1. The van der Waals surface area contributed by atoms with Gasteiger partial charge in [0.15, 0.2) is 0 Å². The van der Waals surface area contributed by atoms with Crippen LogP contribution in [0.5, 0.6) is 0 Å². The molecule has 0 amide bonds. The Morgan fingerprint density at radius 3 is 2.35 bits per heavy atom. The smallest absolute Gasteiger partial charge is 0.0962 e. The fraction of sp³-hybridized carbons (Fsp3) is 0.824. The zero-order chi connectivity index (χ0) is 14.6. The first-order chi connectivity index (χ1) is 9.52. The van der Waals surface area contributed by atoms with Crippen LogP contribution in [0.3, 0.4) is 0 Å². The minimum absolute atomic E-state index is 0.157. The van der Waals surface area contributed by atoms with Crippen molar-refractivity contribution in [1.82, 2.24) is 10.3 Å². The van der Waals surface area contributed by atoms with Crippen molar-refractivity contribution in [1.29, 1.82) is 0 Å². The Morgan fingerprint density at radius 1 is 1.15 bits per heavy atom. The average molecular weight is 295 g/mol. The highest BCUT2D eigenvalue weighted by Crippen LogP contribution is 2.38. The van der Waals surface area contributed by atoms with E-state index in [-0.39, 0.29) is 5.41 Å². The summed E-state index contributed by atoms with van der Waals surface area (Å²) in [6, 6.07) is 0. The van der Waals surface area contributed by atoms with E-state index in [1.165, 1.54) is 54.1 Å². The van der Waals surface area contributed by atoms with Crippen LogP contribution >= 0.6 is 11.3 Å². The van der Waals surface area contributed by atoms with Crippen molar-refractivity contribution in [3.8, 4) is 0 Å². The summed E-state index contributed by atoms with van der Waals surface area (Å²) in [7, 11) is 0. The van der Waals surface area contributed by atoms with Crippen LogP contribution in [-0.2, 0) is 12.0 Å². The van der Waals surface area contributed by atoms with E-state index in [2.05, 4.69) is 33.0 Å². The maximum absolute atomic E-state index is 5.08. The number of hydrogen-bond donors (Lipinski definition) is 1. The van der Waals surface area contributed by atoms with Crippen LogP contribution in [-0.4, -0.2) is 11.5 Å². The molecule has 0 aromatic carbocycles. The lowest BCUT2D eigenvalue weighted by Gasteiger charge is -2.18. The van der Waals surface area contributed by atoms with Gasteiger partial charge in [-0.15, -0.1) is 11.3 Å². The summed E-state index contributed by atoms with van der Waals surface area (Å²) in [4.78, 5) is 6.54. The van der Waals surface area contributed by atoms with Gasteiger partial charge in [0.25, 0.3) is 0 Å². The Bertz CT molecular complexity index is 409. The number of rotatable bonds is 4. The normalized spacial score (nSPS) is 18.2. The van der Waals surface area contributed by atoms with E-state index in [9.17, 15) is 0 Å². The summed E-state index contributed by atoms with van der Waals surface area (Å²) in [5, 5.41) is 4.88. The Labute approximate surface area is 128 Å². The molecule has 0 bridgehead atoms. The molecule has 1 N–H and O–H groups in total. The molecule has 0 radical (unpaired) electrons. The van der Waals surface area contributed by atoms with Gasteiger partial charge in [-0.3, -0.25) is 0 Å². The number of hydrogen-bond acceptors (Lipinski definition) is 3. The van der Waals surface area contributed by atoms with Crippen LogP contribution < -0.4 is 5.32 Å². The molecule has 1 aliphatic carbocycles. The molecule has 0 unspecified atom stereocenters. The molecule has 2 rings (SSSR count). The van der Waals surface area contributed by atoms with Crippen molar-refractivity contribution >= 4 is 11.3 Å². The minimum atomic E-state index is 0.157. The average Bonchev–Trinajstić information content (AvgIpc) is 2.64. The van der Waals surface area contributed by atoms with Gasteiger partial charge in [0.05, 0.1) is 10.7 Å². The van der Waals surface area contributed by atoms with Gasteiger partial charge in [-0.2, -0.15) is 0 Å². The minimum Gasteiger partial charge on any atom is -0.312 e. The molecule has 1 aromatic rings. The molecule has 1 aliphatic rings. The summed E-state index contributed by atoms with van der Waals surface area (Å²) in [5.74, 6) is 0.721. The second kappa shape index (κ2) is 7.04. The van der Waals surface area contributed by atoms with Crippen molar-refractivity contribution in [3.05, 3.63) is 15.6 Å². The third-order valence-corrected chi connectivity index (χ3v) is 5.38. The molecule has 20 heavy (non-hydrogen) atoms. The lowest BCUT2D eigenvalue weighted by molar-refractivity contribution is 0.545. The van der Waals surface area contributed by atoms with Crippen LogP contribution in [0.25, 0.3) is 0 Å². The quantitative estimate of drug-likeness (QED) is 0.791. The number of aromatic nitrogens is 1. The zero-order valence-corrected chi connectivity index (χ0v) is 14.4. The van der Waals surface area contributed by atoms with Crippen molar-refractivity contribution < 1.29 is 0 Å². The van der Waals surface area contributed by atoms with E-state index >= 15 is 0 Å². The van der Waals surface area contributed by atoms with E-state index in [1.54, 1.807) is 0 Å². The molecule has 2 nitrogen and oxygen atoms in total. The summed E-state index contributed by atoms with van der Waals surface area (Å²) < 4.78 is 0. The molecule has 0 atom stereocenters. The highest BCUT2D eigenvalue weighted by Gasteiger charge is 2.26. The molecule has 3 heteroatoms. The molecule has 1 fully saturated rings. The second-order valence-corrected chi connectivity index (χ2v) is 8.16. The predicted octanol–water partition coefficient (Wildman–Crippen LogP) is 4.99. The lowest BCUT2D eigenvalue weighted by atomic mass is 9.91. The van der Waals surface area contributed by atoms with Crippen molar-refractivity contribution in [2.45, 2.75) is 84.1 Å². The van der Waals surface area contributed by atoms with E-state index in [0.29, 0.717) is 0 Å². The third-order valence-electron chi connectivity index (χ3n) is 4.16. The third kappa shape index (κ3) is 4.05. The Balaban J connectivity index is 2.22. The van der Waals surface area contributed by atoms with Gasteiger partial charge >= 0.3 is 0 Å². The van der Waals surface area contributed by atoms with Gasteiger partial charge in [0.2, 0.25) is 0 Å². The predicted molar refractivity (Wildman–Crippen MR) is 88.6 cm³/mol. The molecule has 0 spiro atoms. The second-order valence-electron chi connectivity index (χ2n) is 7.04. The molecular weight excluding hydrogens is 264 g/mol. The summed E-state index contributed by atoms with van der Waals surface area (Å²) in [5.41, 5.74) is 1.48. The molecule has 1 aromatic heterocycles. The molecule has 1 heterocycles. The summed E-state index contributed by atoms with van der Waals surface area (Å²) in [6.45, 7) is 11.0. The lowest BCUT2D eigenvalue weighted by Crippen LogP contribution is -2.18. The molecule has 0 aliphatic heterocycles. The monoisotopic (exact) mass is 294 g/mol. The molecule has 1 saturated carbocycles. The fourth-order valence-electron chi connectivity index (χ4n) is 3.02. The van der Waals surface area contributed by atoms with Gasteiger partial charge < -0.3 is 5.32 Å². The van der Waals surface area contributed by atoms with Gasteiger partial charge in [-0.05, 0) is 19.4 Å². The van der Waals surface area contributed by atoms with Crippen molar-refractivity contribution in [2.24, 2.45) is 0 Å². The SMILES string of the molecule is CCNCc1sc(C2CCCCCC2)nc1C(C)(C)C. The number of thiazole rings is 1. The van der Waals surface area contributed by atoms with Crippen LogP contribution in [0.1, 0.15) is 87.7 Å². The standard InChI is InChI=1S/C17H30N2S/c1-5-18-12-14-15(17(2,3)4)19-16(20-14)13-10-8-6-7-9-11-13/h13,18H,5-12H2,1-4H3. The van der Waals surface area contributed by atoms with Crippen LogP contribution in [0, 0.1) is 0 Å². The first-order valence-electron chi connectivity index (χ1n) is 8.23. The van der Waals surface area contributed by atoms with Gasteiger partial charge in [0, 0.05) is 22.8 Å². The first kappa shape index (κ1) is 16.0. The highest BCUT2D eigenvalue weighted by atomic mass is 32.1. The largest absolute Gasteiger partial charge is 0.312 e. The Kier molecular flexibility index (Phi) is 5.62. The fourth-order valence-corrected chi connectivity index (χ4v) is 4.43. The van der Waals surface area contributed by atoms with Crippen LogP contribution in [0.15, 0.2) is 0 Å². The van der Waals surface area contributed by atoms with E-state index in [4.69, 9.17) is 4.98 Å². The van der Waals surface area contributed by atoms with Crippen molar-refractivity contribution in [2.75, 3.05) is 6.54 Å². The first-order valence-corrected chi connectivity index (χ1v) is 9.04. The number of nitrogens with zero attached hydrogens (tertiary/aromatic N) is 1. The van der Waals surface area contributed by atoms with Crippen LogP contribution in [0.4, 0.5) is 0 Å². The maximum Gasteiger partial charge on any atom is 0.0962 e. The highest BCUT2D eigenvalue weighted by molar-refractivity contribution is 7.11. The van der Waals surface area contributed by atoms with Crippen LogP contribution in [0.2, 0.25) is 0 Å². The Hall–Kier alpha value is -0.410. The van der Waals surface area contributed by atoms with E-state index in [1.807, 2.05) is 11.3 Å². The topological polar surface area (TPSA) is 24.9 Å². The summed E-state index contributed by atoms with van der Waals surface area (Å²) in [6.07, 6.45) is 8.29. The molecule has 114 valence electrons. The molecular formula is C17H30N2S. The maximum atomic E-state index is 5.08. The van der Waals surface area contributed by atoms with Gasteiger partial charge in [-0.1, -0.05) is 53.4 Å². The van der Waals surface area contributed by atoms with Gasteiger partial charge in [0.1, 0.15) is 0 Å². The van der Waals surface area contributed by atoms with Crippen molar-refractivity contribution in [3.63, 3.8) is 0 Å². The van der Waals surface area contributed by atoms with Gasteiger partial charge in [-0.25, -0.2) is 4.98 Å².